The van der Waals surface area contributed by atoms with Crippen molar-refractivity contribution in [3.8, 4) is 5.75 Å². The lowest BCUT2D eigenvalue weighted by atomic mass is 10.1. The molecule has 0 heterocycles. The van der Waals surface area contributed by atoms with Crippen LogP contribution in [-0.4, -0.2) is 15.5 Å². The zero-order chi connectivity index (χ0) is 15.6. The second kappa shape index (κ2) is 5.69. The zero-order valence-corrected chi connectivity index (χ0v) is 12.8. The van der Waals surface area contributed by atoms with Gasteiger partial charge in [-0.1, -0.05) is 48.5 Å². The van der Waals surface area contributed by atoms with Crippen LogP contribution < -0.4 is 9.46 Å². The average Bonchev–Trinajstić information content (AvgIpc) is 2.54. The number of rotatable bonds is 4. The van der Waals surface area contributed by atoms with Crippen LogP contribution in [0, 0.1) is 0 Å². The summed E-state index contributed by atoms with van der Waals surface area (Å²) in [7, 11) is -2.20. The minimum atomic E-state index is -3.70. The Balaban J connectivity index is 2.09. The highest BCUT2D eigenvalue weighted by Crippen LogP contribution is 2.29. The lowest BCUT2D eigenvalue weighted by Crippen LogP contribution is -2.14. The number of methoxy groups -OCH3 is 1. The van der Waals surface area contributed by atoms with E-state index < -0.39 is 10.0 Å². The fourth-order valence-electron chi connectivity index (χ4n) is 2.36. The normalized spacial score (nSPS) is 11.3. The Kier molecular flexibility index (Phi) is 3.73. The summed E-state index contributed by atoms with van der Waals surface area (Å²) in [4.78, 5) is 0.247. The quantitative estimate of drug-likeness (QED) is 0.800. The van der Waals surface area contributed by atoms with Crippen molar-refractivity contribution in [1.29, 1.82) is 0 Å². The number of benzene rings is 3. The van der Waals surface area contributed by atoms with E-state index in [0.717, 1.165) is 5.39 Å². The van der Waals surface area contributed by atoms with E-state index in [-0.39, 0.29) is 4.90 Å². The summed E-state index contributed by atoms with van der Waals surface area (Å²) in [6.45, 7) is 0. The van der Waals surface area contributed by atoms with Crippen molar-refractivity contribution in [3.05, 3.63) is 66.7 Å². The van der Waals surface area contributed by atoms with Gasteiger partial charge in [0, 0.05) is 5.39 Å². The van der Waals surface area contributed by atoms with E-state index in [1.165, 1.54) is 7.11 Å². The van der Waals surface area contributed by atoms with Crippen molar-refractivity contribution < 1.29 is 13.2 Å². The largest absolute Gasteiger partial charge is 0.495 e. The molecular formula is C17H15NO3S. The Labute approximate surface area is 129 Å². The van der Waals surface area contributed by atoms with Gasteiger partial charge in [0.15, 0.2) is 0 Å². The van der Waals surface area contributed by atoms with Crippen LogP contribution in [0.3, 0.4) is 0 Å². The highest BCUT2D eigenvalue weighted by molar-refractivity contribution is 7.93. The molecule has 5 heteroatoms. The Morgan fingerprint density at radius 2 is 1.55 bits per heavy atom. The van der Waals surface area contributed by atoms with E-state index in [4.69, 9.17) is 4.74 Å². The summed E-state index contributed by atoms with van der Waals surface area (Å²) in [6.07, 6.45) is 0. The van der Waals surface area contributed by atoms with Crippen LogP contribution in [0.4, 0.5) is 5.69 Å². The van der Waals surface area contributed by atoms with E-state index in [1.807, 2.05) is 24.3 Å². The van der Waals surface area contributed by atoms with Crippen molar-refractivity contribution >= 4 is 26.5 Å². The third-order valence-corrected chi connectivity index (χ3v) is 4.81. The van der Waals surface area contributed by atoms with Crippen molar-refractivity contribution in [2.24, 2.45) is 0 Å². The summed E-state index contributed by atoms with van der Waals surface area (Å²) < 4.78 is 33.2. The topological polar surface area (TPSA) is 55.4 Å². The fourth-order valence-corrected chi connectivity index (χ4v) is 3.66. The maximum Gasteiger partial charge on any atom is 0.262 e. The van der Waals surface area contributed by atoms with Crippen LogP contribution in [0.25, 0.3) is 10.8 Å². The second-order valence-corrected chi connectivity index (χ2v) is 6.43. The number of nitrogens with one attached hydrogen (secondary N) is 1. The van der Waals surface area contributed by atoms with Crippen LogP contribution >= 0.6 is 0 Å². The highest BCUT2D eigenvalue weighted by atomic mass is 32.2. The Morgan fingerprint density at radius 1 is 0.864 bits per heavy atom. The maximum absolute atomic E-state index is 12.7. The summed E-state index contributed by atoms with van der Waals surface area (Å²) in [6, 6.07) is 19.5. The lowest BCUT2D eigenvalue weighted by Gasteiger charge is -2.13. The van der Waals surface area contributed by atoms with Gasteiger partial charge < -0.3 is 4.74 Å². The summed E-state index contributed by atoms with van der Waals surface area (Å²) >= 11 is 0. The molecule has 0 aliphatic heterocycles. The molecule has 4 nitrogen and oxygen atoms in total. The van der Waals surface area contributed by atoms with Crippen LogP contribution in [0.15, 0.2) is 71.6 Å². The van der Waals surface area contributed by atoms with Crippen LogP contribution in [-0.2, 0) is 10.0 Å². The molecule has 0 spiro atoms. The zero-order valence-electron chi connectivity index (χ0n) is 12.0. The molecule has 0 atom stereocenters. The second-order valence-electron chi connectivity index (χ2n) is 4.78. The molecule has 3 rings (SSSR count). The molecule has 3 aromatic rings. The van der Waals surface area contributed by atoms with Gasteiger partial charge >= 0.3 is 0 Å². The predicted molar refractivity (Wildman–Crippen MR) is 87.8 cm³/mol. The molecular weight excluding hydrogens is 298 g/mol. The first-order valence-corrected chi connectivity index (χ1v) is 8.24. The van der Waals surface area contributed by atoms with E-state index in [0.29, 0.717) is 16.8 Å². The average molecular weight is 313 g/mol. The predicted octanol–water partition coefficient (Wildman–Crippen LogP) is 3.65. The van der Waals surface area contributed by atoms with Gasteiger partial charge in [-0.15, -0.1) is 0 Å². The standard InChI is InChI=1S/C17H15NO3S/c1-21-16-11-5-4-10-15(16)18-22(19,20)17-12-6-8-13-7-2-3-9-14(13)17/h2-12,18H,1H3. The fraction of sp³-hybridized carbons (Fsp3) is 0.0588. The molecule has 0 aliphatic carbocycles. The Bertz CT molecular complexity index is 915. The first-order valence-electron chi connectivity index (χ1n) is 6.75. The monoisotopic (exact) mass is 313 g/mol. The van der Waals surface area contributed by atoms with Crippen LogP contribution in [0.1, 0.15) is 0 Å². The van der Waals surface area contributed by atoms with E-state index in [9.17, 15) is 8.42 Å². The van der Waals surface area contributed by atoms with Gasteiger partial charge in [0.05, 0.1) is 17.7 Å². The molecule has 0 radical (unpaired) electrons. The molecule has 0 fully saturated rings. The van der Waals surface area contributed by atoms with Crippen molar-refractivity contribution in [1.82, 2.24) is 0 Å². The number of para-hydroxylation sites is 2. The first-order chi connectivity index (χ1) is 10.6. The first kappa shape index (κ1) is 14.4. The van der Waals surface area contributed by atoms with Crippen molar-refractivity contribution in [2.75, 3.05) is 11.8 Å². The Morgan fingerprint density at radius 3 is 2.36 bits per heavy atom. The molecule has 22 heavy (non-hydrogen) atoms. The molecule has 0 amide bonds. The summed E-state index contributed by atoms with van der Waals surface area (Å²) in [5.74, 6) is 0.478. The molecule has 3 aromatic carbocycles. The third-order valence-electron chi connectivity index (χ3n) is 3.39. The van der Waals surface area contributed by atoms with Gasteiger partial charge in [0.1, 0.15) is 5.75 Å². The summed E-state index contributed by atoms with van der Waals surface area (Å²) in [5, 5.41) is 1.57. The number of sulfonamides is 1. The van der Waals surface area contributed by atoms with Gasteiger partial charge in [0.2, 0.25) is 0 Å². The van der Waals surface area contributed by atoms with Crippen LogP contribution in [0.2, 0.25) is 0 Å². The van der Waals surface area contributed by atoms with E-state index in [1.54, 1.807) is 42.5 Å². The Hall–Kier alpha value is -2.53. The lowest BCUT2D eigenvalue weighted by molar-refractivity contribution is 0.417. The molecule has 0 aromatic heterocycles. The molecule has 112 valence electrons. The number of fused-ring (bicyclic) bond motifs is 1. The summed E-state index contributed by atoms with van der Waals surface area (Å²) in [5.41, 5.74) is 0.415. The van der Waals surface area contributed by atoms with Crippen molar-refractivity contribution in [2.45, 2.75) is 4.90 Å². The number of hydrogen-bond acceptors (Lipinski definition) is 3. The molecule has 1 N–H and O–H groups in total. The maximum atomic E-state index is 12.7. The van der Waals surface area contributed by atoms with E-state index >= 15 is 0 Å². The van der Waals surface area contributed by atoms with Gasteiger partial charge in [0.25, 0.3) is 10.0 Å². The number of ether oxygens (including phenoxy) is 1. The minimum absolute atomic E-state index is 0.247. The van der Waals surface area contributed by atoms with Gasteiger partial charge in [-0.2, -0.15) is 0 Å². The molecule has 0 saturated carbocycles. The van der Waals surface area contributed by atoms with Crippen LogP contribution in [0.5, 0.6) is 5.75 Å². The van der Waals surface area contributed by atoms with Gasteiger partial charge in [-0.3, -0.25) is 4.72 Å². The van der Waals surface area contributed by atoms with Crippen molar-refractivity contribution in [3.63, 3.8) is 0 Å². The SMILES string of the molecule is COc1ccccc1NS(=O)(=O)c1cccc2ccccc12. The molecule has 0 saturated heterocycles. The van der Waals surface area contributed by atoms with E-state index in [2.05, 4.69) is 4.72 Å². The van der Waals surface area contributed by atoms with Gasteiger partial charge in [-0.25, -0.2) is 8.42 Å². The van der Waals surface area contributed by atoms with Gasteiger partial charge in [-0.05, 0) is 23.6 Å². The number of hydrogen-bond donors (Lipinski definition) is 1. The highest BCUT2D eigenvalue weighted by Gasteiger charge is 2.18. The number of anilines is 1. The molecule has 0 unspecified atom stereocenters. The molecule has 0 bridgehead atoms. The third kappa shape index (κ3) is 2.63. The minimum Gasteiger partial charge on any atom is -0.495 e. The smallest absolute Gasteiger partial charge is 0.262 e. The molecule has 0 aliphatic rings.